The summed E-state index contributed by atoms with van der Waals surface area (Å²) in [5, 5.41) is 0. The highest BCUT2D eigenvalue weighted by molar-refractivity contribution is 6.01. The van der Waals surface area contributed by atoms with E-state index in [1.54, 1.807) is 35.2 Å². The topological polar surface area (TPSA) is 37.4 Å². The van der Waals surface area contributed by atoms with Gasteiger partial charge in [-0.2, -0.15) is 0 Å². The first kappa shape index (κ1) is 17.1. The van der Waals surface area contributed by atoms with Gasteiger partial charge in [0.15, 0.2) is 12.0 Å². The van der Waals surface area contributed by atoms with Gasteiger partial charge in [0.2, 0.25) is 5.91 Å². The third-order valence-corrected chi connectivity index (χ3v) is 4.40. The molecule has 25 heavy (non-hydrogen) atoms. The maximum Gasteiger partial charge on any atom is 0.226 e. The minimum absolute atomic E-state index is 0.299. The van der Waals surface area contributed by atoms with Crippen LogP contribution in [0.4, 0.5) is 4.39 Å². The van der Waals surface area contributed by atoms with Crippen LogP contribution in [0.2, 0.25) is 0 Å². The van der Waals surface area contributed by atoms with Crippen LogP contribution < -0.4 is 0 Å². The summed E-state index contributed by atoms with van der Waals surface area (Å²) in [4.78, 5) is 25.9. The molecule has 1 heterocycles. The summed E-state index contributed by atoms with van der Waals surface area (Å²) in [5.41, 5.74) is 2.65. The van der Waals surface area contributed by atoms with Crippen molar-refractivity contribution >= 4 is 17.3 Å². The molecule has 0 bridgehead atoms. The fourth-order valence-electron chi connectivity index (χ4n) is 2.97. The summed E-state index contributed by atoms with van der Waals surface area (Å²) in [6.45, 7) is 1.00. The van der Waals surface area contributed by atoms with Gasteiger partial charge in [0.1, 0.15) is 0 Å². The molecule has 0 aliphatic carbocycles. The lowest BCUT2D eigenvalue weighted by molar-refractivity contribution is -0.131. The van der Waals surface area contributed by atoms with E-state index in [0.717, 1.165) is 12.0 Å². The molecule has 0 N–H and O–H groups in total. The predicted molar refractivity (Wildman–Crippen MR) is 95.9 cm³/mol. The van der Waals surface area contributed by atoms with Gasteiger partial charge in [-0.15, -0.1) is 0 Å². The van der Waals surface area contributed by atoms with Gasteiger partial charge >= 0.3 is 0 Å². The van der Waals surface area contributed by atoms with E-state index in [0.29, 0.717) is 18.7 Å². The Kier molecular flexibility index (Phi) is 5.39. The van der Waals surface area contributed by atoms with Crippen LogP contribution in [0.5, 0.6) is 0 Å². The Morgan fingerprint density at radius 1 is 1.00 bits per heavy atom. The number of amides is 1. The van der Waals surface area contributed by atoms with E-state index in [9.17, 15) is 14.0 Å². The standard InChI is InChI=1S/C21H20FNO2/c22-19(21(25)18-9-5-2-6-10-18)15-20(24)23-13-11-17(12-14-23)16-7-3-1-4-8-16/h1-11,19H,12-15H2. The van der Waals surface area contributed by atoms with Crippen molar-refractivity contribution in [2.75, 3.05) is 13.1 Å². The van der Waals surface area contributed by atoms with Crippen LogP contribution in [-0.2, 0) is 4.79 Å². The zero-order chi connectivity index (χ0) is 17.6. The summed E-state index contributed by atoms with van der Waals surface area (Å²) >= 11 is 0. The number of Topliss-reactive ketones (excluding diaryl/α,β-unsaturated/α-hetero) is 1. The molecule has 2 aromatic rings. The van der Waals surface area contributed by atoms with Gasteiger partial charge in [0, 0.05) is 18.7 Å². The second-order valence-corrected chi connectivity index (χ2v) is 6.09. The lowest BCUT2D eigenvalue weighted by Crippen LogP contribution is -2.37. The summed E-state index contributed by atoms with van der Waals surface area (Å²) in [6.07, 6.45) is 0.541. The fourth-order valence-corrected chi connectivity index (χ4v) is 2.97. The maximum absolute atomic E-state index is 14.2. The van der Waals surface area contributed by atoms with Crippen molar-refractivity contribution < 1.29 is 14.0 Å². The molecule has 1 amide bonds. The number of carbonyl (C=O) groups is 2. The highest BCUT2D eigenvalue weighted by atomic mass is 19.1. The predicted octanol–water partition coefficient (Wildman–Crippen LogP) is 3.91. The van der Waals surface area contributed by atoms with Crippen molar-refractivity contribution in [3.63, 3.8) is 0 Å². The molecule has 0 fully saturated rings. The van der Waals surface area contributed by atoms with Crippen molar-refractivity contribution in [1.29, 1.82) is 0 Å². The lowest BCUT2D eigenvalue weighted by atomic mass is 9.99. The second kappa shape index (κ2) is 7.88. The average Bonchev–Trinajstić information content (AvgIpc) is 2.68. The van der Waals surface area contributed by atoms with Crippen molar-refractivity contribution in [3.05, 3.63) is 77.9 Å². The van der Waals surface area contributed by atoms with Crippen LogP contribution >= 0.6 is 0 Å². The molecule has 0 spiro atoms. The third kappa shape index (κ3) is 4.21. The molecule has 0 aromatic heterocycles. The first-order valence-corrected chi connectivity index (χ1v) is 8.40. The molecule has 3 nitrogen and oxygen atoms in total. The number of rotatable bonds is 5. The van der Waals surface area contributed by atoms with Crippen LogP contribution in [-0.4, -0.2) is 35.9 Å². The number of hydrogen-bond acceptors (Lipinski definition) is 2. The molecule has 1 aliphatic rings. The van der Waals surface area contributed by atoms with Gasteiger partial charge in [-0.25, -0.2) is 4.39 Å². The molecule has 0 saturated heterocycles. The zero-order valence-electron chi connectivity index (χ0n) is 13.9. The first-order valence-electron chi connectivity index (χ1n) is 8.40. The Balaban J connectivity index is 1.58. The molecule has 1 atom stereocenters. The van der Waals surface area contributed by atoms with Gasteiger partial charge in [-0.1, -0.05) is 66.7 Å². The Morgan fingerprint density at radius 3 is 2.24 bits per heavy atom. The number of nitrogens with zero attached hydrogens (tertiary/aromatic N) is 1. The van der Waals surface area contributed by atoms with Gasteiger partial charge in [-0.3, -0.25) is 9.59 Å². The Morgan fingerprint density at radius 2 is 1.64 bits per heavy atom. The van der Waals surface area contributed by atoms with E-state index in [1.165, 1.54) is 5.57 Å². The van der Waals surface area contributed by atoms with Gasteiger partial charge in [-0.05, 0) is 17.6 Å². The van der Waals surface area contributed by atoms with Crippen molar-refractivity contribution in [2.24, 2.45) is 0 Å². The highest BCUT2D eigenvalue weighted by Crippen LogP contribution is 2.22. The Labute approximate surface area is 146 Å². The number of benzene rings is 2. The maximum atomic E-state index is 14.2. The minimum atomic E-state index is -1.80. The molecular formula is C21H20FNO2. The Hall–Kier alpha value is -2.75. The van der Waals surface area contributed by atoms with Crippen molar-refractivity contribution in [3.8, 4) is 0 Å². The molecule has 4 heteroatoms. The fraction of sp³-hybridized carbons (Fsp3) is 0.238. The van der Waals surface area contributed by atoms with Crippen LogP contribution in [0.3, 0.4) is 0 Å². The van der Waals surface area contributed by atoms with E-state index in [-0.39, 0.29) is 5.91 Å². The smallest absolute Gasteiger partial charge is 0.226 e. The lowest BCUT2D eigenvalue weighted by Gasteiger charge is -2.27. The van der Waals surface area contributed by atoms with Gasteiger partial charge in [0.25, 0.3) is 0 Å². The summed E-state index contributed by atoms with van der Waals surface area (Å²) in [7, 11) is 0. The van der Waals surface area contributed by atoms with E-state index >= 15 is 0 Å². The van der Waals surface area contributed by atoms with Crippen molar-refractivity contribution in [1.82, 2.24) is 4.90 Å². The molecule has 2 aromatic carbocycles. The molecule has 128 valence electrons. The van der Waals surface area contributed by atoms with Crippen LogP contribution in [0, 0.1) is 0 Å². The second-order valence-electron chi connectivity index (χ2n) is 6.09. The number of alkyl halides is 1. The van der Waals surface area contributed by atoms with Crippen LogP contribution in [0.15, 0.2) is 66.7 Å². The molecular weight excluding hydrogens is 317 g/mol. The van der Waals surface area contributed by atoms with Crippen LogP contribution in [0.1, 0.15) is 28.8 Å². The quantitative estimate of drug-likeness (QED) is 0.776. The SMILES string of the molecule is O=C(c1ccccc1)C(F)CC(=O)N1CC=C(c2ccccc2)CC1. The molecule has 0 radical (unpaired) electrons. The minimum Gasteiger partial charge on any atom is -0.339 e. The van der Waals surface area contributed by atoms with Crippen LogP contribution in [0.25, 0.3) is 5.57 Å². The van der Waals surface area contributed by atoms with Gasteiger partial charge < -0.3 is 4.90 Å². The molecule has 1 unspecified atom stereocenters. The number of hydrogen-bond donors (Lipinski definition) is 0. The van der Waals surface area contributed by atoms with E-state index < -0.39 is 18.4 Å². The van der Waals surface area contributed by atoms with E-state index in [4.69, 9.17) is 0 Å². The Bertz CT molecular complexity index is 771. The third-order valence-electron chi connectivity index (χ3n) is 4.40. The average molecular weight is 337 g/mol. The van der Waals surface area contributed by atoms with Gasteiger partial charge in [0.05, 0.1) is 6.42 Å². The summed E-state index contributed by atoms with van der Waals surface area (Å²) in [6, 6.07) is 18.3. The monoisotopic (exact) mass is 337 g/mol. The summed E-state index contributed by atoms with van der Waals surface area (Å²) in [5.74, 6) is -0.952. The number of carbonyl (C=O) groups excluding carboxylic acids is 2. The molecule has 1 aliphatic heterocycles. The molecule has 3 rings (SSSR count). The summed E-state index contributed by atoms with van der Waals surface area (Å²) < 4.78 is 14.2. The van der Waals surface area contributed by atoms with Crippen molar-refractivity contribution in [2.45, 2.75) is 19.0 Å². The normalized spacial score (nSPS) is 15.4. The highest BCUT2D eigenvalue weighted by Gasteiger charge is 2.26. The first-order chi connectivity index (χ1) is 12.1. The largest absolute Gasteiger partial charge is 0.339 e. The molecule has 0 saturated carbocycles. The van der Waals surface area contributed by atoms with E-state index in [1.807, 2.05) is 36.4 Å². The van der Waals surface area contributed by atoms with E-state index in [2.05, 4.69) is 0 Å². The number of ketones is 1. The number of halogens is 1. The zero-order valence-corrected chi connectivity index (χ0v) is 13.9.